The molecule has 0 aliphatic carbocycles. The second kappa shape index (κ2) is 8.82. The van der Waals surface area contributed by atoms with Gasteiger partial charge in [-0.05, 0) is 13.3 Å². The molecule has 1 aliphatic rings. The minimum atomic E-state index is -4.22. The first-order chi connectivity index (χ1) is 11.4. The van der Waals surface area contributed by atoms with Crippen molar-refractivity contribution in [1.82, 2.24) is 19.4 Å². The van der Waals surface area contributed by atoms with Crippen LogP contribution in [0, 0.1) is 0 Å². The molecule has 1 aliphatic heterocycles. The van der Waals surface area contributed by atoms with E-state index in [1.54, 1.807) is 0 Å². The monoisotopic (exact) mass is 348 g/mol. The summed E-state index contributed by atoms with van der Waals surface area (Å²) in [5.41, 5.74) is 0. The highest BCUT2D eigenvalue weighted by Crippen LogP contribution is 2.20. The molecule has 1 aromatic heterocycles. The molecule has 2 rings (SSSR count). The van der Waals surface area contributed by atoms with E-state index in [0.29, 0.717) is 18.4 Å². The predicted octanol–water partition coefficient (Wildman–Crippen LogP) is 2.38. The molecule has 0 amide bonds. The number of rotatable bonds is 8. The van der Waals surface area contributed by atoms with Crippen molar-refractivity contribution in [3.05, 3.63) is 18.2 Å². The molecule has 138 valence electrons. The van der Waals surface area contributed by atoms with Gasteiger partial charge in [-0.3, -0.25) is 9.80 Å². The fourth-order valence-corrected chi connectivity index (χ4v) is 3.14. The highest BCUT2D eigenvalue weighted by Gasteiger charge is 2.30. The lowest BCUT2D eigenvalue weighted by atomic mass is 10.1. The van der Waals surface area contributed by atoms with Crippen molar-refractivity contribution in [3.8, 4) is 0 Å². The maximum absolute atomic E-state index is 12.6. The maximum atomic E-state index is 12.6. The Hall–Kier alpha value is -1.12. The zero-order chi connectivity index (χ0) is 17.6. The Kier molecular flexibility index (Phi) is 7.06. The van der Waals surface area contributed by atoms with Crippen LogP contribution in [-0.2, 0) is 17.8 Å². The van der Waals surface area contributed by atoms with Crippen molar-refractivity contribution in [3.63, 3.8) is 0 Å². The third-order valence-corrected chi connectivity index (χ3v) is 4.40. The van der Waals surface area contributed by atoms with E-state index in [0.717, 1.165) is 45.8 Å². The van der Waals surface area contributed by atoms with Crippen molar-refractivity contribution in [2.75, 3.05) is 39.4 Å². The number of piperazine rings is 1. The SMILES string of the molecule is CCOCCN1CCN(Cc2nccn2CC(F)(F)F)CC1CC. The van der Waals surface area contributed by atoms with Crippen LogP contribution in [-0.4, -0.2) is 71.0 Å². The van der Waals surface area contributed by atoms with Gasteiger partial charge in [-0.25, -0.2) is 4.98 Å². The molecule has 0 radical (unpaired) electrons. The summed E-state index contributed by atoms with van der Waals surface area (Å²) in [6.07, 6.45) is -0.367. The smallest absolute Gasteiger partial charge is 0.380 e. The summed E-state index contributed by atoms with van der Waals surface area (Å²) in [6, 6.07) is 0.408. The molecule has 0 spiro atoms. The summed E-state index contributed by atoms with van der Waals surface area (Å²) >= 11 is 0. The van der Waals surface area contributed by atoms with E-state index in [9.17, 15) is 13.2 Å². The third-order valence-electron chi connectivity index (χ3n) is 4.40. The number of halogens is 3. The average molecular weight is 348 g/mol. The third kappa shape index (κ3) is 5.75. The van der Waals surface area contributed by atoms with Crippen LogP contribution in [0.15, 0.2) is 12.4 Å². The topological polar surface area (TPSA) is 33.5 Å². The molecule has 0 saturated carbocycles. The van der Waals surface area contributed by atoms with E-state index in [-0.39, 0.29) is 0 Å². The van der Waals surface area contributed by atoms with Gasteiger partial charge in [0.05, 0.1) is 13.2 Å². The molecule has 5 nitrogen and oxygen atoms in total. The normalized spacial score (nSPS) is 20.6. The predicted molar refractivity (Wildman–Crippen MR) is 85.7 cm³/mol. The molecule has 1 fully saturated rings. The van der Waals surface area contributed by atoms with E-state index in [1.165, 1.54) is 17.0 Å². The van der Waals surface area contributed by atoms with E-state index < -0.39 is 12.7 Å². The van der Waals surface area contributed by atoms with Crippen LogP contribution in [0.25, 0.3) is 0 Å². The van der Waals surface area contributed by atoms with Crippen molar-refractivity contribution in [2.45, 2.75) is 45.6 Å². The number of hydrogen-bond acceptors (Lipinski definition) is 4. The molecule has 1 unspecified atom stereocenters. The van der Waals surface area contributed by atoms with E-state index in [4.69, 9.17) is 4.74 Å². The van der Waals surface area contributed by atoms with Crippen molar-refractivity contribution in [1.29, 1.82) is 0 Å². The van der Waals surface area contributed by atoms with Gasteiger partial charge in [0.2, 0.25) is 0 Å². The maximum Gasteiger partial charge on any atom is 0.406 e. The fraction of sp³-hybridized carbons (Fsp3) is 0.812. The minimum Gasteiger partial charge on any atom is -0.380 e. The molecule has 0 N–H and O–H groups in total. The van der Waals surface area contributed by atoms with Crippen LogP contribution >= 0.6 is 0 Å². The molecule has 1 saturated heterocycles. The van der Waals surface area contributed by atoms with Gasteiger partial charge in [-0.15, -0.1) is 0 Å². The minimum absolute atomic E-state index is 0.408. The number of hydrogen-bond donors (Lipinski definition) is 0. The Morgan fingerprint density at radius 3 is 2.75 bits per heavy atom. The number of nitrogens with zero attached hydrogens (tertiary/aromatic N) is 4. The highest BCUT2D eigenvalue weighted by molar-refractivity contribution is 4.94. The quantitative estimate of drug-likeness (QED) is 0.676. The summed E-state index contributed by atoms with van der Waals surface area (Å²) in [6.45, 7) is 8.55. The number of alkyl halides is 3. The molecule has 1 aromatic rings. The van der Waals surface area contributed by atoms with Gasteiger partial charge in [-0.2, -0.15) is 13.2 Å². The zero-order valence-corrected chi connectivity index (χ0v) is 14.4. The van der Waals surface area contributed by atoms with E-state index in [2.05, 4.69) is 21.7 Å². The van der Waals surface area contributed by atoms with E-state index >= 15 is 0 Å². The summed E-state index contributed by atoms with van der Waals surface area (Å²) in [5, 5.41) is 0. The first-order valence-corrected chi connectivity index (χ1v) is 8.53. The van der Waals surface area contributed by atoms with Crippen LogP contribution in [0.4, 0.5) is 13.2 Å². The second-order valence-electron chi connectivity index (χ2n) is 6.12. The Labute approximate surface area is 141 Å². The van der Waals surface area contributed by atoms with Crippen LogP contribution < -0.4 is 0 Å². The molecule has 2 heterocycles. The average Bonchev–Trinajstić information content (AvgIpc) is 2.93. The lowest BCUT2D eigenvalue weighted by Gasteiger charge is -2.41. The first-order valence-electron chi connectivity index (χ1n) is 8.53. The van der Waals surface area contributed by atoms with Gasteiger partial charge in [0.25, 0.3) is 0 Å². The largest absolute Gasteiger partial charge is 0.406 e. The van der Waals surface area contributed by atoms with Crippen molar-refractivity contribution in [2.24, 2.45) is 0 Å². The number of aromatic nitrogens is 2. The molecular formula is C16H27F3N4O. The van der Waals surface area contributed by atoms with Crippen molar-refractivity contribution >= 4 is 0 Å². The van der Waals surface area contributed by atoms with Crippen LogP contribution in [0.3, 0.4) is 0 Å². The van der Waals surface area contributed by atoms with E-state index in [1.807, 2.05) is 6.92 Å². The number of ether oxygens (including phenoxy) is 1. The Bertz CT molecular complexity index is 492. The van der Waals surface area contributed by atoms with Crippen molar-refractivity contribution < 1.29 is 17.9 Å². The standard InChI is InChI=1S/C16H27F3N4O/c1-3-14-11-21(7-8-22(14)9-10-24-4-2)12-15-20-5-6-23(15)13-16(17,18)19/h5-6,14H,3-4,7-13H2,1-2H3. The highest BCUT2D eigenvalue weighted by atomic mass is 19.4. The molecule has 24 heavy (non-hydrogen) atoms. The molecular weight excluding hydrogens is 321 g/mol. The van der Waals surface area contributed by atoms with Gasteiger partial charge >= 0.3 is 6.18 Å². The second-order valence-corrected chi connectivity index (χ2v) is 6.12. The Morgan fingerprint density at radius 2 is 2.08 bits per heavy atom. The van der Waals surface area contributed by atoms with Crippen LogP contribution in [0.5, 0.6) is 0 Å². The summed E-state index contributed by atoms with van der Waals surface area (Å²) < 4.78 is 44.5. The molecule has 0 aromatic carbocycles. The molecule has 8 heteroatoms. The van der Waals surface area contributed by atoms with Gasteiger partial charge in [0.1, 0.15) is 12.4 Å². The Balaban J connectivity index is 1.90. The molecule has 0 bridgehead atoms. The lowest BCUT2D eigenvalue weighted by molar-refractivity contribution is -0.141. The summed E-state index contributed by atoms with van der Waals surface area (Å²) in [4.78, 5) is 8.72. The summed E-state index contributed by atoms with van der Waals surface area (Å²) in [5.74, 6) is 0.477. The van der Waals surface area contributed by atoms with Gasteiger partial charge in [0.15, 0.2) is 0 Å². The fourth-order valence-electron chi connectivity index (χ4n) is 3.14. The lowest BCUT2D eigenvalue weighted by Crippen LogP contribution is -2.53. The Morgan fingerprint density at radius 1 is 1.29 bits per heavy atom. The number of imidazole rings is 1. The summed E-state index contributed by atoms with van der Waals surface area (Å²) in [7, 11) is 0. The van der Waals surface area contributed by atoms with Crippen LogP contribution in [0.1, 0.15) is 26.1 Å². The zero-order valence-electron chi connectivity index (χ0n) is 14.4. The van der Waals surface area contributed by atoms with Gasteiger partial charge < -0.3 is 9.30 Å². The van der Waals surface area contributed by atoms with Gasteiger partial charge in [0, 0.05) is 51.2 Å². The van der Waals surface area contributed by atoms with Crippen LogP contribution in [0.2, 0.25) is 0 Å². The van der Waals surface area contributed by atoms with Gasteiger partial charge in [-0.1, -0.05) is 6.92 Å². The first kappa shape index (κ1) is 19.2. The molecule has 1 atom stereocenters.